The summed E-state index contributed by atoms with van der Waals surface area (Å²) in [5, 5.41) is 10.1. The van der Waals surface area contributed by atoms with Crippen LogP contribution >= 0.6 is 0 Å². The highest BCUT2D eigenvalue weighted by molar-refractivity contribution is 5.87. The zero-order valence-corrected chi connectivity index (χ0v) is 13.1. The highest BCUT2D eigenvalue weighted by atomic mass is 16.5. The first-order chi connectivity index (χ1) is 10.6. The van der Waals surface area contributed by atoms with E-state index < -0.39 is 0 Å². The van der Waals surface area contributed by atoms with E-state index in [4.69, 9.17) is 4.74 Å². The van der Waals surface area contributed by atoms with Gasteiger partial charge >= 0.3 is 0 Å². The van der Waals surface area contributed by atoms with Gasteiger partial charge in [-0.15, -0.1) is 0 Å². The molecule has 0 radical (unpaired) electrons. The average Bonchev–Trinajstić information content (AvgIpc) is 3.10. The van der Waals surface area contributed by atoms with E-state index in [0.29, 0.717) is 11.6 Å². The van der Waals surface area contributed by atoms with Gasteiger partial charge in [-0.05, 0) is 25.8 Å². The fourth-order valence-corrected chi connectivity index (χ4v) is 2.65. The molecule has 7 heteroatoms. The van der Waals surface area contributed by atoms with Crippen LogP contribution in [0.1, 0.15) is 24.9 Å². The third kappa shape index (κ3) is 2.82. The van der Waals surface area contributed by atoms with Gasteiger partial charge in [0.05, 0.1) is 24.4 Å². The van der Waals surface area contributed by atoms with E-state index in [0.717, 1.165) is 23.9 Å². The summed E-state index contributed by atoms with van der Waals surface area (Å²) in [5.41, 5.74) is 0.821. The Morgan fingerprint density at radius 1 is 1.45 bits per heavy atom. The Kier molecular flexibility index (Phi) is 4.08. The van der Waals surface area contributed by atoms with Crippen molar-refractivity contribution < 1.29 is 9.84 Å². The van der Waals surface area contributed by atoms with Crippen molar-refractivity contribution in [2.75, 3.05) is 20.7 Å². The van der Waals surface area contributed by atoms with Crippen LogP contribution in [0.4, 0.5) is 5.82 Å². The van der Waals surface area contributed by atoms with Gasteiger partial charge < -0.3 is 19.3 Å². The number of aliphatic hydroxyl groups excluding tert-OH is 1. The molecule has 0 amide bonds. The molecular formula is C15H21N5O2. The molecular weight excluding hydrogens is 282 g/mol. The van der Waals surface area contributed by atoms with Gasteiger partial charge in [-0.1, -0.05) is 0 Å². The van der Waals surface area contributed by atoms with E-state index in [2.05, 4.69) is 15.0 Å². The van der Waals surface area contributed by atoms with E-state index in [1.54, 1.807) is 6.34 Å². The Balaban J connectivity index is 2.00. The number of hydrogen-bond acceptors (Lipinski definition) is 5. The number of aryl methyl sites for hydroxylation is 1. The number of fused-ring (bicyclic) bond motifs is 1. The van der Waals surface area contributed by atoms with Crippen LogP contribution in [0.3, 0.4) is 0 Å². The van der Waals surface area contributed by atoms with Crippen molar-refractivity contribution in [1.82, 2.24) is 19.4 Å². The lowest BCUT2D eigenvalue weighted by Crippen LogP contribution is -2.14. The molecule has 3 rings (SSSR count). The molecule has 2 aromatic heterocycles. The minimum absolute atomic E-state index is 0.0576. The third-order valence-corrected chi connectivity index (χ3v) is 3.67. The normalized spacial score (nSPS) is 22.0. The molecule has 0 aromatic carbocycles. The predicted octanol–water partition coefficient (Wildman–Crippen LogP) is 1.63. The van der Waals surface area contributed by atoms with Gasteiger partial charge in [0.1, 0.15) is 17.7 Å². The lowest BCUT2D eigenvalue weighted by Gasteiger charge is -2.15. The van der Waals surface area contributed by atoms with Crippen LogP contribution in [0.25, 0.3) is 11.0 Å². The Bertz CT molecular complexity index is 695. The molecule has 0 saturated carbocycles. The van der Waals surface area contributed by atoms with Gasteiger partial charge in [0, 0.05) is 20.3 Å². The standard InChI is InChI=1S/C15H21N5O2/c1-10-17-14(16-9-19(2)3)12-6-7-20(15(12)18-10)13-5-4-11(8-21)22-13/h6-7,9,11,13,21H,4-5,8H2,1-3H3. The second kappa shape index (κ2) is 6.02. The first-order valence-corrected chi connectivity index (χ1v) is 7.40. The molecule has 0 aliphatic carbocycles. The van der Waals surface area contributed by atoms with Gasteiger partial charge in [0.2, 0.25) is 0 Å². The van der Waals surface area contributed by atoms with Crippen molar-refractivity contribution in [2.24, 2.45) is 4.99 Å². The topological polar surface area (TPSA) is 75.8 Å². The van der Waals surface area contributed by atoms with Crippen LogP contribution in [0.2, 0.25) is 0 Å². The molecule has 0 spiro atoms. The third-order valence-electron chi connectivity index (χ3n) is 3.67. The summed E-state index contributed by atoms with van der Waals surface area (Å²) in [6.07, 6.45) is 5.24. The molecule has 1 fully saturated rings. The largest absolute Gasteiger partial charge is 0.394 e. The molecule has 2 aromatic rings. The summed E-state index contributed by atoms with van der Waals surface area (Å²) in [6, 6.07) is 1.97. The van der Waals surface area contributed by atoms with Crippen molar-refractivity contribution in [2.45, 2.75) is 32.1 Å². The molecule has 1 saturated heterocycles. The van der Waals surface area contributed by atoms with Crippen LogP contribution < -0.4 is 0 Å². The summed E-state index contributed by atoms with van der Waals surface area (Å²) in [5.74, 6) is 1.33. The number of aromatic nitrogens is 3. The van der Waals surface area contributed by atoms with E-state index in [1.807, 2.05) is 42.7 Å². The Morgan fingerprint density at radius 2 is 2.27 bits per heavy atom. The van der Waals surface area contributed by atoms with Crippen LogP contribution in [0.15, 0.2) is 17.3 Å². The molecule has 2 atom stereocenters. The number of hydrogen-bond donors (Lipinski definition) is 1. The second-order valence-electron chi connectivity index (χ2n) is 5.74. The summed E-state index contributed by atoms with van der Waals surface area (Å²) in [4.78, 5) is 15.2. The zero-order valence-electron chi connectivity index (χ0n) is 13.1. The molecule has 1 aliphatic heterocycles. The maximum absolute atomic E-state index is 9.22. The molecule has 1 aliphatic rings. The van der Waals surface area contributed by atoms with Crippen molar-refractivity contribution in [1.29, 1.82) is 0 Å². The molecule has 0 bridgehead atoms. The second-order valence-corrected chi connectivity index (χ2v) is 5.74. The summed E-state index contributed by atoms with van der Waals surface area (Å²) in [6.45, 7) is 1.92. The van der Waals surface area contributed by atoms with E-state index >= 15 is 0 Å². The molecule has 118 valence electrons. The van der Waals surface area contributed by atoms with Crippen molar-refractivity contribution in [3.8, 4) is 0 Å². The SMILES string of the molecule is Cc1nc(N=CN(C)C)c2ccn(C3CCC(CO)O3)c2n1. The lowest BCUT2D eigenvalue weighted by molar-refractivity contribution is -0.0204. The van der Waals surface area contributed by atoms with Crippen molar-refractivity contribution >= 4 is 23.2 Å². The van der Waals surface area contributed by atoms with Crippen LogP contribution in [0.5, 0.6) is 0 Å². The Labute approximate surface area is 129 Å². The highest BCUT2D eigenvalue weighted by Crippen LogP contribution is 2.33. The molecule has 7 nitrogen and oxygen atoms in total. The number of ether oxygens (including phenoxy) is 1. The fraction of sp³-hybridized carbons (Fsp3) is 0.533. The van der Waals surface area contributed by atoms with E-state index in [1.165, 1.54) is 0 Å². The Hall–Kier alpha value is -1.99. The first-order valence-electron chi connectivity index (χ1n) is 7.40. The minimum atomic E-state index is -0.0883. The molecule has 22 heavy (non-hydrogen) atoms. The summed E-state index contributed by atoms with van der Waals surface area (Å²) in [7, 11) is 3.84. The van der Waals surface area contributed by atoms with Crippen molar-refractivity contribution in [3.63, 3.8) is 0 Å². The molecule has 3 heterocycles. The average molecular weight is 303 g/mol. The fourth-order valence-electron chi connectivity index (χ4n) is 2.65. The smallest absolute Gasteiger partial charge is 0.166 e. The van der Waals surface area contributed by atoms with Crippen molar-refractivity contribution in [3.05, 3.63) is 18.1 Å². The zero-order chi connectivity index (χ0) is 15.7. The number of nitrogens with zero attached hydrogens (tertiary/aromatic N) is 5. The molecule has 2 unspecified atom stereocenters. The predicted molar refractivity (Wildman–Crippen MR) is 84.3 cm³/mol. The lowest BCUT2D eigenvalue weighted by atomic mass is 10.2. The first kappa shape index (κ1) is 14.9. The number of aliphatic hydroxyl groups is 1. The number of aliphatic imine (C=N–C) groups is 1. The van der Waals surface area contributed by atoms with Gasteiger partial charge in [-0.3, -0.25) is 0 Å². The van der Waals surface area contributed by atoms with E-state index in [9.17, 15) is 5.11 Å². The monoisotopic (exact) mass is 303 g/mol. The maximum Gasteiger partial charge on any atom is 0.166 e. The van der Waals surface area contributed by atoms with E-state index in [-0.39, 0.29) is 18.9 Å². The van der Waals surface area contributed by atoms with Crippen LogP contribution in [-0.2, 0) is 4.74 Å². The highest BCUT2D eigenvalue weighted by Gasteiger charge is 2.27. The minimum Gasteiger partial charge on any atom is -0.394 e. The summed E-state index contributed by atoms with van der Waals surface area (Å²) >= 11 is 0. The van der Waals surface area contributed by atoms with Gasteiger partial charge in [0.25, 0.3) is 0 Å². The Morgan fingerprint density at radius 3 is 2.95 bits per heavy atom. The quantitative estimate of drug-likeness (QED) is 0.686. The van der Waals surface area contributed by atoms with Gasteiger partial charge in [-0.2, -0.15) is 0 Å². The van der Waals surface area contributed by atoms with Crippen LogP contribution in [0, 0.1) is 6.92 Å². The maximum atomic E-state index is 9.22. The van der Waals surface area contributed by atoms with Crippen LogP contribution in [-0.4, -0.2) is 57.7 Å². The molecule has 1 N–H and O–H groups in total. The van der Waals surface area contributed by atoms with Gasteiger partial charge in [0.15, 0.2) is 5.82 Å². The number of rotatable bonds is 4. The van der Waals surface area contributed by atoms with Gasteiger partial charge in [-0.25, -0.2) is 15.0 Å². The summed E-state index contributed by atoms with van der Waals surface area (Å²) < 4.78 is 7.86.